The van der Waals surface area contributed by atoms with Gasteiger partial charge < -0.3 is 65.1 Å². The summed E-state index contributed by atoms with van der Waals surface area (Å²) in [6.45, 7) is 2.62. The fourth-order valence-corrected chi connectivity index (χ4v) is 8.50. The normalized spacial score (nSPS) is 26.2. The van der Waals surface area contributed by atoms with Crippen LogP contribution in [-0.4, -0.2) is 140 Å². The van der Waals surface area contributed by atoms with Gasteiger partial charge in [-0.2, -0.15) is 0 Å². The van der Waals surface area contributed by atoms with E-state index in [2.05, 4.69) is 104 Å². The van der Waals surface area contributed by atoms with Crippen LogP contribution in [-0.2, 0) is 23.7 Å². The quantitative estimate of drug-likeness (QED) is 0.0206. The molecule has 14 nitrogen and oxygen atoms in total. The molecule has 0 radical (unpaired) electrons. The maximum absolute atomic E-state index is 13.2. The first-order valence-corrected chi connectivity index (χ1v) is 28.0. The molecule has 0 spiro atoms. The summed E-state index contributed by atoms with van der Waals surface area (Å²) in [5.41, 5.74) is 0. The highest BCUT2D eigenvalue weighted by Gasteiger charge is 2.51. The summed E-state index contributed by atoms with van der Waals surface area (Å²) >= 11 is 0. The van der Waals surface area contributed by atoms with Gasteiger partial charge in [0.2, 0.25) is 5.91 Å². The monoisotopic (exact) mass is 1030 g/mol. The molecule has 2 rings (SSSR count). The molecule has 73 heavy (non-hydrogen) atoms. The van der Waals surface area contributed by atoms with Crippen LogP contribution >= 0.6 is 0 Å². The number of carbonyl (C=O) groups excluding carboxylic acids is 1. The minimum absolute atomic E-state index is 0.258. The number of ether oxygens (including phenoxy) is 4. The molecule has 2 fully saturated rings. The molecular weight excluding hydrogens is 931 g/mol. The predicted molar refractivity (Wildman–Crippen MR) is 290 cm³/mol. The molecule has 14 heteroatoms. The number of rotatable bonds is 42. The van der Waals surface area contributed by atoms with Crippen molar-refractivity contribution in [3.63, 3.8) is 0 Å². The van der Waals surface area contributed by atoms with E-state index in [1.807, 2.05) is 6.08 Å². The first kappa shape index (κ1) is 66.0. The number of aliphatic hydroxyl groups excluding tert-OH is 8. The summed E-state index contributed by atoms with van der Waals surface area (Å²) < 4.78 is 22.7. The minimum Gasteiger partial charge on any atom is -0.394 e. The summed E-state index contributed by atoms with van der Waals surface area (Å²) in [4.78, 5) is 13.2. The molecule has 2 heterocycles. The van der Waals surface area contributed by atoms with E-state index in [1.165, 1.54) is 32.1 Å². The van der Waals surface area contributed by atoms with Crippen LogP contribution in [0.2, 0.25) is 0 Å². The van der Waals surface area contributed by atoms with Gasteiger partial charge in [-0.1, -0.05) is 188 Å². The van der Waals surface area contributed by atoms with Gasteiger partial charge in [0, 0.05) is 6.42 Å². The van der Waals surface area contributed by atoms with E-state index in [1.54, 1.807) is 6.08 Å². The van der Waals surface area contributed by atoms with Gasteiger partial charge in [0.1, 0.15) is 48.8 Å². The third-order valence-corrected chi connectivity index (χ3v) is 13.0. The molecule has 1 amide bonds. The van der Waals surface area contributed by atoms with E-state index in [9.17, 15) is 45.6 Å². The van der Waals surface area contributed by atoms with Gasteiger partial charge in [-0.3, -0.25) is 4.79 Å². The van der Waals surface area contributed by atoms with Crippen LogP contribution in [0.25, 0.3) is 0 Å². The Morgan fingerprint density at radius 1 is 0.507 bits per heavy atom. The van der Waals surface area contributed by atoms with Gasteiger partial charge in [-0.05, 0) is 77.0 Å². The SMILES string of the molecule is CC/C=C\C/C=C\C/C=C\C/C=C\C/C=C\C/C=C\C/C=C\CCCCCCCCCC(=O)NC(COC1OC(CO)C(OC2OC(CO)C(O)C(O)C2O)C(O)C1O)C(O)/C=C/CCCCCCCCCC. The van der Waals surface area contributed by atoms with Crippen molar-refractivity contribution in [1.82, 2.24) is 5.32 Å². The molecule has 9 N–H and O–H groups in total. The Kier molecular flexibility index (Phi) is 39.9. The molecular formula is C59H99NO13. The molecule has 0 saturated carbocycles. The molecule has 12 unspecified atom stereocenters. The third-order valence-electron chi connectivity index (χ3n) is 13.0. The van der Waals surface area contributed by atoms with Crippen molar-refractivity contribution >= 4 is 5.91 Å². The highest BCUT2D eigenvalue weighted by atomic mass is 16.7. The van der Waals surface area contributed by atoms with E-state index in [0.717, 1.165) is 116 Å². The van der Waals surface area contributed by atoms with E-state index in [4.69, 9.17) is 18.9 Å². The van der Waals surface area contributed by atoms with Crippen LogP contribution in [0.1, 0.15) is 174 Å². The zero-order chi connectivity index (χ0) is 53.2. The minimum atomic E-state index is -1.79. The van der Waals surface area contributed by atoms with Crippen LogP contribution in [0, 0.1) is 0 Å². The lowest BCUT2D eigenvalue weighted by Crippen LogP contribution is -2.65. The molecule has 0 bridgehead atoms. The molecule has 0 aromatic rings. The first-order chi connectivity index (χ1) is 35.6. The van der Waals surface area contributed by atoms with Crippen molar-refractivity contribution in [2.75, 3.05) is 19.8 Å². The zero-order valence-electron chi connectivity index (χ0n) is 44.6. The van der Waals surface area contributed by atoms with Crippen molar-refractivity contribution in [2.45, 2.75) is 248 Å². The summed E-state index contributed by atoms with van der Waals surface area (Å²) in [6.07, 6.45) is 43.1. The number of nitrogens with one attached hydrogen (secondary N) is 1. The molecule has 12 atom stereocenters. The lowest BCUT2D eigenvalue weighted by atomic mass is 9.97. The fraction of sp³-hybridized carbons (Fsp3) is 0.712. The Hall–Kier alpha value is -3.09. The topological polar surface area (TPSA) is 228 Å². The molecule has 2 aliphatic heterocycles. The number of hydrogen-bond acceptors (Lipinski definition) is 13. The zero-order valence-corrected chi connectivity index (χ0v) is 44.6. The lowest BCUT2D eigenvalue weighted by Gasteiger charge is -2.46. The van der Waals surface area contributed by atoms with Crippen molar-refractivity contribution in [3.05, 3.63) is 97.2 Å². The summed E-state index contributed by atoms with van der Waals surface area (Å²) in [7, 11) is 0. The fourth-order valence-electron chi connectivity index (χ4n) is 8.50. The lowest BCUT2D eigenvalue weighted by molar-refractivity contribution is -0.359. The number of aliphatic hydroxyl groups is 8. The molecule has 418 valence electrons. The van der Waals surface area contributed by atoms with Gasteiger partial charge in [-0.25, -0.2) is 0 Å². The van der Waals surface area contributed by atoms with Gasteiger partial charge in [0.15, 0.2) is 12.6 Å². The second-order valence-electron chi connectivity index (χ2n) is 19.3. The number of amides is 1. The maximum Gasteiger partial charge on any atom is 0.220 e. The van der Waals surface area contributed by atoms with Crippen LogP contribution in [0.3, 0.4) is 0 Å². The molecule has 0 aromatic heterocycles. The Labute approximate surface area is 439 Å². The predicted octanol–water partition coefficient (Wildman–Crippen LogP) is 8.71. The number of unbranched alkanes of at least 4 members (excludes halogenated alkanes) is 15. The Morgan fingerprint density at radius 2 is 0.945 bits per heavy atom. The van der Waals surface area contributed by atoms with Gasteiger partial charge in [0.25, 0.3) is 0 Å². The third kappa shape index (κ3) is 30.3. The van der Waals surface area contributed by atoms with Crippen LogP contribution < -0.4 is 5.32 Å². The van der Waals surface area contributed by atoms with Gasteiger partial charge in [0.05, 0.1) is 32.0 Å². The highest BCUT2D eigenvalue weighted by Crippen LogP contribution is 2.30. The van der Waals surface area contributed by atoms with E-state index in [-0.39, 0.29) is 18.9 Å². The summed E-state index contributed by atoms with van der Waals surface area (Å²) in [5.74, 6) is -0.258. The van der Waals surface area contributed by atoms with Gasteiger partial charge >= 0.3 is 0 Å². The average molecular weight is 1030 g/mol. The smallest absolute Gasteiger partial charge is 0.220 e. The van der Waals surface area contributed by atoms with Crippen molar-refractivity contribution in [1.29, 1.82) is 0 Å². The summed E-state index contributed by atoms with van der Waals surface area (Å²) in [6, 6.07) is -0.925. The molecule has 2 aliphatic rings. The first-order valence-electron chi connectivity index (χ1n) is 28.0. The van der Waals surface area contributed by atoms with E-state index < -0.39 is 86.8 Å². The molecule has 0 aromatic carbocycles. The largest absolute Gasteiger partial charge is 0.394 e. The summed E-state index contributed by atoms with van der Waals surface area (Å²) in [5, 5.41) is 86.7. The Morgan fingerprint density at radius 3 is 1.45 bits per heavy atom. The maximum atomic E-state index is 13.2. The second kappa shape index (κ2) is 44.1. The number of allylic oxidation sites excluding steroid dienone is 15. The highest BCUT2D eigenvalue weighted by molar-refractivity contribution is 5.76. The Bertz CT molecular complexity index is 1590. The molecule has 0 aliphatic carbocycles. The van der Waals surface area contributed by atoms with Crippen LogP contribution in [0.15, 0.2) is 97.2 Å². The second-order valence-corrected chi connectivity index (χ2v) is 19.3. The van der Waals surface area contributed by atoms with E-state index >= 15 is 0 Å². The van der Waals surface area contributed by atoms with Crippen molar-refractivity contribution < 1.29 is 64.6 Å². The number of hydrogen-bond donors (Lipinski definition) is 9. The average Bonchev–Trinajstić information content (AvgIpc) is 3.39. The van der Waals surface area contributed by atoms with Crippen molar-refractivity contribution in [3.8, 4) is 0 Å². The van der Waals surface area contributed by atoms with Gasteiger partial charge in [-0.15, -0.1) is 0 Å². The van der Waals surface area contributed by atoms with Crippen LogP contribution in [0.4, 0.5) is 0 Å². The number of carbonyl (C=O) groups is 1. The molecule has 2 saturated heterocycles. The van der Waals surface area contributed by atoms with Crippen molar-refractivity contribution in [2.24, 2.45) is 0 Å². The van der Waals surface area contributed by atoms with E-state index in [0.29, 0.717) is 6.42 Å². The Balaban J connectivity index is 1.72. The standard InChI is InChI=1S/C59H99NO13/c1-3-5-7-9-11-13-15-16-17-18-19-20-21-22-23-24-25-26-27-28-29-30-31-32-33-35-37-39-41-43-51(64)60-47(48(63)42-40-38-36-34-14-12-10-8-6-4-2)46-70-58-56(69)54(67)57(50(45-62)72-58)73-59-55(68)53(66)52(65)49(44-61)71-59/h5,7,11,13,16-17,19-20,22-23,25-26,28-29,40,42,47-50,52-59,61-63,65-69H,3-4,6,8-10,12,14-15,18,21,24,27,30-39,41,43-46H2,1-2H3,(H,60,64)/b7-5-,13-11-,17-16-,20-19-,23-22-,26-25-,29-28-,42-40+. The van der Waals surface area contributed by atoms with Crippen LogP contribution in [0.5, 0.6) is 0 Å².